The van der Waals surface area contributed by atoms with Crippen molar-refractivity contribution in [2.24, 2.45) is 5.92 Å². The molecule has 1 aromatic rings. The summed E-state index contributed by atoms with van der Waals surface area (Å²) in [5.41, 5.74) is 0. The highest BCUT2D eigenvalue weighted by molar-refractivity contribution is 5.09. The molecule has 86 valence electrons. The first-order valence-electron chi connectivity index (χ1n) is 6.47. The van der Waals surface area contributed by atoms with Crippen LogP contribution in [0, 0.1) is 5.92 Å². The van der Waals surface area contributed by atoms with Crippen LogP contribution in [0.15, 0.2) is 4.52 Å². The summed E-state index contributed by atoms with van der Waals surface area (Å²) in [4.78, 5) is 4.60. The number of hydrogen-bond donors (Lipinski definition) is 1. The Bertz CT molecular complexity index is 391. The van der Waals surface area contributed by atoms with Gasteiger partial charge in [-0.25, -0.2) is 0 Å². The quantitative estimate of drug-likeness (QED) is 0.824. The maximum atomic E-state index is 5.46. The van der Waals surface area contributed by atoms with E-state index in [-0.39, 0.29) is 0 Å². The smallest absolute Gasteiger partial charge is 0.231 e. The molecule has 2 aliphatic heterocycles. The van der Waals surface area contributed by atoms with E-state index < -0.39 is 0 Å². The highest BCUT2D eigenvalue weighted by atomic mass is 16.5. The van der Waals surface area contributed by atoms with Gasteiger partial charge in [0.1, 0.15) is 0 Å². The van der Waals surface area contributed by atoms with Gasteiger partial charge in [-0.1, -0.05) is 5.16 Å². The van der Waals surface area contributed by atoms with Gasteiger partial charge in [-0.15, -0.1) is 0 Å². The fourth-order valence-corrected chi connectivity index (χ4v) is 3.18. The van der Waals surface area contributed by atoms with Crippen LogP contribution < -0.4 is 5.32 Å². The summed E-state index contributed by atoms with van der Waals surface area (Å²) < 4.78 is 5.46. The Hall–Kier alpha value is -0.900. The van der Waals surface area contributed by atoms with E-state index in [0.717, 1.165) is 17.6 Å². The molecule has 3 atom stereocenters. The lowest BCUT2D eigenvalue weighted by atomic mass is 9.74. The van der Waals surface area contributed by atoms with Gasteiger partial charge in [-0.2, -0.15) is 4.98 Å². The van der Waals surface area contributed by atoms with Crippen LogP contribution in [0.25, 0.3) is 0 Å². The zero-order valence-electron chi connectivity index (χ0n) is 9.35. The van der Waals surface area contributed by atoms with Crippen LogP contribution in [0.3, 0.4) is 0 Å². The van der Waals surface area contributed by atoms with Crippen LogP contribution in [0.2, 0.25) is 0 Å². The first-order valence-corrected chi connectivity index (χ1v) is 6.47. The molecule has 4 fully saturated rings. The molecular weight excluding hydrogens is 202 g/mol. The summed E-state index contributed by atoms with van der Waals surface area (Å²) in [6.45, 7) is 1.19. The average molecular weight is 219 g/mol. The Labute approximate surface area is 94.8 Å². The van der Waals surface area contributed by atoms with Crippen LogP contribution >= 0.6 is 0 Å². The van der Waals surface area contributed by atoms with Gasteiger partial charge >= 0.3 is 0 Å². The predicted octanol–water partition coefficient (Wildman–Crippen LogP) is 1.80. The molecule has 4 heteroatoms. The molecule has 3 unspecified atom stereocenters. The van der Waals surface area contributed by atoms with E-state index in [2.05, 4.69) is 15.5 Å². The van der Waals surface area contributed by atoms with Crippen LogP contribution in [-0.4, -0.2) is 22.7 Å². The Balaban J connectivity index is 1.59. The van der Waals surface area contributed by atoms with Gasteiger partial charge in [0.2, 0.25) is 5.89 Å². The Morgan fingerprint density at radius 1 is 1.19 bits per heavy atom. The van der Waals surface area contributed by atoms with Crippen molar-refractivity contribution in [2.45, 2.75) is 50.0 Å². The molecule has 2 bridgehead atoms. The van der Waals surface area contributed by atoms with Crippen molar-refractivity contribution in [2.75, 3.05) is 6.54 Å². The summed E-state index contributed by atoms with van der Waals surface area (Å²) in [5, 5.41) is 7.72. The van der Waals surface area contributed by atoms with E-state index in [1.165, 1.54) is 38.6 Å². The number of nitrogens with zero attached hydrogens (tertiary/aromatic N) is 2. The third kappa shape index (κ3) is 1.39. The Morgan fingerprint density at radius 3 is 2.75 bits per heavy atom. The largest absolute Gasteiger partial charge is 0.339 e. The van der Waals surface area contributed by atoms with E-state index in [0.29, 0.717) is 17.9 Å². The fourth-order valence-electron chi connectivity index (χ4n) is 3.18. The minimum absolute atomic E-state index is 0.479. The maximum absolute atomic E-state index is 5.46. The lowest BCUT2D eigenvalue weighted by Crippen LogP contribution is -2.49. The number of hydrogen-bond acceptors (Lipinski definition) is 4. The molecule has 5 rings (SSSR count). The molecule has 0 amide bonds. The van der Waals surface area contributed by atoms with Gasteiger partial charge in [0.15, 0.2) is 5.82 Å². The molecule has 3 heterocycles. The van der Waals surface area contributed by atoms with Gasteiger partial charge in [-0.05, 0) is 44.6 Å². The highest BCUT2D eigenvalue weighted by Gasteiger charge is 2.40. The minimum Gasteiger partial charge on any atom is -0.339 e. The van der Waals surface area contributed by atoms with Crippen LogP contribution in [-0.2, 0) is 0 Å². The zero-order valence-corrected chi connectivity index (χ0v) is 9.35. The minimum atomic E-state index is 0.479. The van der Waals surface area contributed by atoms with Crippen molar-refractivity contribution in [3.8, 4) is 0 Å². The Morgan fingerprint density at radius 2 is 2.12 bits per heavy atom. The number of fused-ring (bicyclic) bond motifs is 3. The summed E-state index contributed by atoms with van der Waals surface area (Å²) in [6, 6.07) is 0.581. The second kappa shape index (κ2) is 3.29. The molecule has 2 aliphatic carbocycles. The second-order valence-corrected chi connectivity index (χ2v) is 5.57. The molecule has 2 saturated heterocycles. The van der Waals surface area contributed by atoms with Crippen molar-refractivity contribution in [3.63, 3.8) is 0 Å². The third-order valence-electron chi connectivity index (χ3n) is 4.34. The summed E-state index contributed by atoms with van der Waals surface area (Å²) in [5.74, 6) is 3.75. The SMILES string of the molecule is C1CC2NCC1CC2c1nc(C2CC2)no1. The summed E-state index contributed by atoms with van der Waals surface area (Å²) >= 11 is 0. The van der Waals surface area contributed by atoms with Crippen molar-refractivity contribution in [1.82, 2.24) is 15.5 Å². The van der Waals surface area contributed by atoms with E-state index in [1.807, 2.05) is 0 Å². The van der Waals surface area contributed by atoms with Crippen molar-refractivity contribution >= 4 is 0 Å². The standard InChI is InChI=1S/C12H17N3O/c1-4-10-9(5-7(1)6-13-10)12-14-11(15-16-12)8-2-3-8/h7-10,13H,1-6H2. The van der Waals surface area contributed by atoms with Crippen molar-refractivity contribution in [1.29, 1.82) is 0 Å². The Kier molecular flexibility index (Phi) is 1.89. The number of piperidine rings is 2. The highest BCUT2D eigenvalue weighted by Crippen LogP contribution is 2.42. The lowest BCUT2D eigenvalue weighted by molar-refractivity contribution is 0.158. The van der Waals surface area contributed by atoms with Crippen LogP contribution in [0.1, 0.15) is 55.7 Å². The number of aromatic nitrogens is 2. The van der Waals surface area contributed by atoms with Crippen molar-refractivity contribution < 1.29 is 4.52 Å². The fraction of sp³-hybridized carbons (Fsp3) is 0.833. The topological polar surface area (TPSA) is 51.0 Å². The lowest BCUT2D eigenvalue weighted by Gasteiger charge is -2.41. The predicted molar refractivity (Wildman–Crippen MR) is 58.1 cm³/mol. The van der Waals surface area contributed by atoms with Crippen LogP contribution in [0.5, 0.6) is 0 Å². The van der Waals surface area contributed by atoms with E-state index in [9.17, 15) is 0 Å². The van der Waals surface area contributed by atoms with Gasteiger partial charge in [0.25, 0.3) is 0 Å². The number of rotatable bonds is 2. The van der Waals surface area contributed by atoms with Gasteiger partial charge in [0, 0.05) is 12.0 Å². The molecule has 2 saturated carbocycles. The molecule has 0 aromatic carbocycles. The van der Waals surface area contributed by atoms with E-state index >= 15 is 0 Å². The number of nitrogens with one attached hydrogen (secondary N) is 1. The van der Waals surface area contributed by atoms with E-state index in [1.54, 1.807) is 0 Å². The van der Waals surface area contributed by atoms with Gasteiger partial charge < -0.3 is 9.84 Å². The zero-order chi connectivity index (χ0) is 10.5. The maximum Gasteiger partial charge on any atom is 0.231 e. The molecule has 16 heavy (non-hydrogen) atoms. The molecule has 0 radical (unpaired) electrons. The molecular formula is C12H17N3O. The molecule has 4 aliphatic rings. The molecule has 4 nitrogen and oxygen atoms in total. The molecule has 0 spiro atoms. The first-order chi connectivity index (χ1) is 7.90. The van der Waals surface area contributed by atoms with Gasteiger partial charge in [-0.3, -0.25) is 0 Å². The third-order valence-corrected chi connectivity index (χ3v) is 4.34. The van der Waals surface area contributed by atoms with Crippen LogP contribution in [0.4, 0.5) is 0 Å². The van der Waals surface area contributed by atoms with Gasteiger partial charge in [0.05, 0.1) is 5.92 Å². The summed E-state index contributed by atoms with van der Waals surface area (Å²) in [7, 11) is 0. The monoisotopic (exact) mass is 219 g/mol. The molecule has 1 aromatic heterocycles. The summed E-state index contributed by atoms with van der Waals surface area (Å²) in [6.07, 6.45) is 6.38. The second-order valence-electron chi connectivity index (χ2n) is 5.57. The van der Waals surface area contributed by atoms with E-state index in [4.69, 9.17) is 4.52 Å². The van der Waals surface area contributed by atoms with Crippen molar-refractivity contribution in [3.05, 3.63) is 11.7 Å². The average Bonchev–Trinajstić information content (AvgIpc) is 3.09. The normalized spacial score (nSPS) is 37.9. The molecule has 1 N–H and O–H groups in total. The first kappa shape index (κ1) is 9.16.